The highest BCUT2D eigenvalue weighted by molar-refractivity contribution is 7.98. The normalized spacial score (nSPS) is 15.8. The molecule has 2 N–H and O–H groups in total. The SMILES string of the molecule is CCNC(=NCCCC1CC1)NCCCCSC. The van der Waals surface area contributed by atoms with E-state index in [-0.39, 0.29) is 0 Å². The second-order valence-corrected chi connectivity index (χ2v) is 5.96. The molecule has 0 spiro atoms. The summed E-state index contributed by atoms with van der Waals surface area (Å²) in [6.07, 6.45) is 10.2. The summed E-state index contributed by atoms with van der Waals surface area (Å²) in [7, 11) is 0. The molecule has 0 heterocycles. The molecule has 3 nitrogen and oxygen atoms in total. The topological polar surface area (TPSA) is 36.4 Å². The van der Waals surface area contributed by atoms with Crippen LogP contribution in [0.5, 0.6) is 0 Å². The Morgan fingerprint density at radius 1 is 1.22 bits per heavy atom. The standard InChI is InChI=1S/C14H29N3S/c1-3-15-14(16-10-4-5-12-18-2)17-11-6-7-13-8-9-13/h13H,3-12H2,1-2H3,(H2,15,16,17). The highest BCUT2D eigenvalue weighted by Gasteiger charge is 2.19. The lowest BCUT2D eigenvalue weighted by molar-refractivity contribution is 0.668. The monoisotopic (exact) mass is 271 g/mol. The van der Waals surface area contributed by atoms with Crippen molar-refractivity contribution >= 4 is 17.7 Å². The van der Waals surface area contributed by atoms with E-state index >= 15 is 0 Å². The second kappa shape index (κ2) is 10.5. The number of hydrogen-bond acceptors (Lipinski definition) is 2. The Hall–Kier alpha value is -0.380. The van der Waals surface area contributed by atoms with Crippen LogP contribution in [-0.2, 0) is 0 Å². The maximum absolute atomic E-state index is 4.62. The summed E-state index contributed by atoms with van der Waals surface area (Å²) < 4.78 is 0. The molecule has 0 aromatic rings. The van der Waals surface area contributed by atoms with Crippen LogP contribution in [0.1, 0.15) is 45.4 Å². The molecule has 0 atom stereocenters. The van der Waals surface area contributed by atoms with Gasteiger partial charge in [-0.05, 0) is 50.5 Å². The zero-order chi connectivity index (χ0) is 13.1. The van der Waals surface area contributed by atoms with Gasteiger partial charge in [0.15, 0.2) is 5.96 Å². The minimum absolute atomic E-state index is 0.944. The zero-order valence-electron chi connectivity index (χ0n) is 12.0. The van der Waals surface area contributed by atoms with Gasteiger partial charge < -0.3 is 10.6 Å². The molecule has 1 fully saturated rings. The molecule has 0 aromatic heterocycles. The molecule has 4 heteroatoms. The van der Waals surface area contributed by atoms with Gasteiger partial charge in [0.05, 0.1) is 0 Å². The molecule has 0 aromatic carbocycles. The third-order valence-electron chi connectivity index (χ3n) is 3.15. The van der Waals surface area contributed by atoms with Crippen molar-refractivity contribution in [3.8, 4) is 0 Å². The minimum Gasteiger partial charge on any atom is -0.357 e. The van der Waals surface area contributed by atoms with E-state index in [1.165, 1.54) is 44.3 Å². The maximum Gasteiger partial charge on any atom is 0.191 e. The first-order chi connectivity index (χ1) is 8.86. The fraction of sp³-hybridized carbons (Fsp3) is 0.929. The van der Waals surface area contributed by atoms with Crippen molar-refractivity contribution in [2.24, 2.45) is 10.9 Å². The molecule has 0 amide bonds. The van der Waals surface area contributed by atoms with Crippen molar-refractivity contribution in [1.29, 1.82) is 0 Å². The van der Waals surface area contributed by atoms with Crippen LogP contribution in [0.3, 0.4) is 0 Å². The number of nitrogens with zero attached hydrogens (tertiary/aromatic N) is 1. The first kappa shape index (κ1) is 15.7. The predicted molar refractivity (Wildman–Crippen MR) is 83.6 cm³/mol. The van der Waals surface area contributed by atoms with Crippen molar-refractivity contribution in [3.05, 3.63) is 0 Å². The van der Waals surface area contributed by atoms with Crippen molar-refractivity contribution in [2.45, 2.75) is 45.4 Å². The molecule has 0 unspecified atom stereocenters. The number of thioether (sulfide) groups is 1. The number of aliphatic imine (C=N–C) groups is 1. The fourth-order valence-corrected chi connectivity index (χ4v) is 2.39. The van der Waals surface area contributed by atoms with Crippen LogP contribution in [0.2, 0.25) is 0 Å². The van der Waals surface area contributed by atoms with Crippen LogP contribution in [0, 0.1) is 5.92 Å². The van der Waals surface area contributed by atoms with Crippen LogP contribution in [0.4, 0.5) is 0 Å². The average Bonchev–Trinajstić information content (AvgIpc) is 3.18. The van der Waals surface area contributed by atoms with Gasteiger partial charge in [-0.15, -0.1) is 0 Å². The Kier molecular flexibility index (Phi) is 9.17. The molecule has 0 saturated heterocycles. The Morgan fingerprint density at radius 3 is 2.72 bits per heavy atom. The van der Waals surface area contributed by atoms with Crippen molar-refractivity contribution < 1.29 is 0 Å². The Morgan fingerprint density at radius 2 is 2.06 bits per heavy atom. The summed E-state index contributed by atoms with van der Waals surface area (Å²) >= 11 is 1.92. The number of nitrogens with one attached hydrogen (secondary N) is 2. The lowest BCUT2D eigenvalue weighted by Gasteiger charge is -2.11. The Labute approximate surface area is 117 Å². The number of unbranched alkanes of at least 4 members (excludes halogenated alkanes) is 1. The van der Waals surface area contributed by atoms with E-state index in [9.17, 15) is 0 Å². The van der Waals surface area contributed by atoms with Gasteiger partial charge in [0.1, 0.15) is 0 Å². The predicted octanol–water partition coefficient (Wildman–Crippen LogP) is 2.87. The van der Waals surface area contributed by atoms with Gasteiger partial charge in [0.2, 0.25) is 0 Å². The number of hydrogen-bond donors (Lipinski definition) is 2. The van der Waals surface area contributed by atoms with Crippen LogP contribution >= 0.6 is 11.8 Å². The molecule has 1 aliphatic rings. The van der Waals surface area contributed by atoms with Gasteiger partial charge in [0.25, 0.3) is 0 Å². The van der Waals surface area contributed by atoms with Crippen molar-refractivity contribution in [1.82, 2.24) is 10.6 Å². The smallest absolute Gasteiger partial charge is 0.191 e. The lowest BCUT2D eigenvalue weighted by atomic mass is 10.2. The van der Waals surface area contributed by atoms with E-state index in [4.69, 9.17) is 0 Å². The third kappa shape index (κ3) is 8.67. The Balaban J connectivity index is 2.05. The van der Waals surface area contributed by atoms with Gasteiger partial charge in [-0.25, -0.2) is 0 Å². The first-order valence-corrected chi connectivity index (χ1v) is 8.77. The summed E-state index contributed by atoms with van der Waals surface area (Å²) in [4.78, 5) is 4.62. The zero-order valence-corrected chi connectivity index (χ0v) is 12.8. The molecule has 0 bridgehead atoms. The Bertz CT molecular complexity index is 227. The third-order valence-corrected chi connectivity index (χ3v) is 3.85. The molecule has 1 rings (SSSR count). The summed E-state index contributed by atoms with van der Waals surface area (Å²) in [5.74, 6) is 3.29. The van der Waals surface area contributed by atoms with Crippen LogP contribution in [-0.4, -0.2) is 37.6 Å². The average molecular weight is 271 g/mol. The van der Waals surface area contributed by atoms with Gasteiger partial charge in [-0.2, -0.15) is 11.8 Å². The largest absolute Gasteiger partial charge is 0.357 e. The number of rotatable bonds is 10. The first-order valence-electron chi connectivity index (χ1n) is 7.38. The van der Waals surface area contributed by atoms with Crippen molar-refractivity contribution in [3.63, 3.8) is 0 Å². The van der Waals surface area contributed by atoms with Gasteiger partial charge in [-0.3, -0.25) is 4.99 Å². The number of guanidine groups is 1. The molecular weight excluding hydrogens is 242 g/mol. The van der Waals surface area contributed by atoms with Gasteiger partial charge >= 0.3 is 0 Å². The van der Waals surface area contributed by atoms with Gasteiger partial charge in [-0.1, -0.05) is 12.8 Å². The summed E-state index contributed by atoms with van der Waals surface area (Å²) in [6, 6.07) is 0. The molecule has 1 aliphatic carbocycles. The maximum atomic E-state index is 4.62. The highest BCUT2D eigenvalue weighted by atomic mass is 32.2. The fourth-order valence-electron chi connectivity index (χ4n) is 1.90. The second-order valence-electron chi connectivity index (χ2n) is 4.97. The lowest BCUT2D eigenvalue weighted by Crippen LogP contribution is -2.37. The van der Waals surface area contributed by atoms with E-state index in [0.717, 1.165) is 31.5 Å². The van der Waals surface area contributed by atoms with E-state index in [1.54, 1.807) is 0 Å². The molecular formula is C14H29N3S. The quantitative estimate of drug-likeness (QED) is 0.364. The summed E-state index contributed by atoms with van der Waals surface area (Å²) in [6.45, 7) is 5.07. The van der Waals surface area contributed by atoms with Crippen molar-refractivity contribution in [2.75, 3.05) is 31.6 Å². The van der Waals surface area contributed by atoms with Gasteiger partial charge in [0, 0.05) is 19.6 Å². The van der Waals surface area contributed by atoms with Crippen LogP contribution in [0.15, 0.2) is 4.99 Å². The van der Waals surface area contributed by atoms with Crippen LogP contribution < -0.4 is 10.6 Å². The van der Waals surface area contributed by atoms with Crippen LogP contribution in [0.25, 0.3) is 0 Å². The summed E-state index contributed by atoms with van der Waals surface area (Å²) in [5, 5.41) is 6.72. The molecule has 106 valence electrons. The highest BCUT2D eigenvalue weighted by Crippen LogP contribution is 2.33. The molecule has 1 saturated carbocycles. The summed E-state index contributed by atoms with van der Waals surface area (Å²) in [5.41, 5.74) is 0. The van der Waals surface area contributed by atoms with E-state index < -0.39 is 0 Å². The van der Waals surface area contributed by atoms with E-state index in [2.05, 4.69) is 28.8 Å². The van der Waals surface area contributed by atoms with E-state index in [1.807, 2.05) is 11.8 Å². The minimum atomic E-state index is 0.944. The molecule has 0 aliphatic heterocycles. The molecule has 18 heavy (non-hydrogen) atoms. The molecule has 0 radical (unpaired) electrons. The van der Waals surface area contributed by atoms with E-state index in [0.29, 0.717) is 0 Å².